The molecule has 4 rings (SSSR count). The van der Waals surface area contributed by atoms with Gasteiger partial charge in [0.25, 0.3) is 5.56 Å². The summed E-state index contributed by atoms with van der Waals surface area (Å²) >= 11 is 0. The number of rotatable bonds is 3. The summed E-state index contributed by atoms with van der Waals surface area (Å²) in [6, 6.07) is 13.8. The van der Waals surface area contributed by atoms with Crippen LogP contribution in [0.1, 0.15) is 11.1 Å². The molecule has 130 valence electrons. The molecule has 0 radical (unpaired) electrons. The maximum absolute atomic E-state index is 12.1. The van der Waals surface area contributed by atoms with Crippen LogP contribution in [0.3, 0.4) is 0 Å². The van der Waals surface area contributed by atoms with E-state index in [2.05, 4.69) is 21.7 Å². The number of pyridine rings is 2. The third kappa shape index (κ3) is 2.75. The van der Waals surface area contributed by atoms with Gasteiger partial charge in [-0.15, -0.1) is 0 Å². The molecule has 6 heteroatoms. The first-order valence-electron chi connectivity index (χ1n) is 8.36. The number of imidazole rings is 1. The molecule has 0 aliphatic heterocycles. The van der Waals surface area contributed by atoms with E-state index in [1.54, 1.807) is 24.0 Å². The molecule has 0 saturated heterocycles. The average molecular weight is 345 g/mol. The highest BCUT2D eigenvalue weighted by Crippen LogP contribution is 2.25. The summed E-state index contributed by atoms with van der Waals surface area (Å²) < 4.78 is 3.64. The molecule has 0 fully saturated rings. The van der Waals surface area contributed by atoms with Gasteiger partial charge in [0.2, 0.25) is 0 Å². The number of fused-ring (bicyclic) bond motifs is 1. The second kappa shape index (κ2) is 6.15. The molecular formula is C20H19N5O. The van der Waals surface area contributed by atoms with Gasteiger partial charge in [0.05, 0.1) is 18.4 Å². The number of nitrogens with zero attached hydrogens (tertiary/aromatic N) is 4. The van der Waals surface area contributed by atoms with E-state index in [9.17, 15) is 4.79 Å². The fourth-order valence-electron chi connectivity index (χ4n) is 3.16. The molecule has 4 aromatic rings. The Morgan fingerprint density at radius 2 is 1.92 bits per heavy atom. The molecule has 0 spiro atoms. The van der Waals surface area contributed by atoms with Gasteiger partial charge in [-0.3, -0.25) is 4.79 Å². The standard InChI is InChI=1S/C20H19N5O/c1-13-8-15(12-24(2)20(13)26)18-23-17-9-16(21)10-22-19(17)25(18)11-14-6-4-3-5-7-14/h3-10,12H,11,21H2,1-2H3. The van der Waals surface area contributed by atoms with Crippen molar-refractivity contribution in [2.24, 2.45) is 7.05 Å². The molecule has 26 heavy (non-hydrogen) atoms. The predicted octanol–water partition coefficient (Wildman–Crippen LogP) is 2.74. The molecule has 0 aliphatic carbocycles. The molecule has 0 amide bonds. The minimum Gasteiger partial charge on any atom is -0.397 e. The van der Waals surface area contributed by atoms with Crippen LogP contribution in [0.5, 0.6) is 0 Å². The molecule has 0 unspecified atom stereocenters. The smallest absolute Gasteiger partial charge is 0.253 e. The molecule has 2 N–H and O–H groups in total. The van der Waals surface area contributed by atoms with Crippen LogP contribution < -0.4 is 11.3 Å². The fourth-order valence-corrected chi connectivity index (χ4v) is 3.16. The first kappa shape index (κ1) is 16.1. The SMILES string of the molecule is Cc1cc(-c2nc3cc(N)cnc3n2Cc2ccccc2)cn(C)c1=O. The van der Waals surface area contributed by atoms with Gasteiger partial charge in [0.15, 0.2) is 5.65 Å². The van der Waals surface area contributed by atoms with E-state index >= 15 is 0 Å². The summed E-state index contributed by atoms with van der Waals surface area (Å²) in [5.74, 6) is 0.764. The lowest BCUT2D eigenvalue weighted by Gasteiger charge is -2.10. The lowest BCUT2D eigenvalue weighted by atomic mass is 10.2. The molecule has 0 bridgehead atoms. The summed E-state index contributed by atoms with van der Waals surface area (Å²) in [7, 11) is 1.75. The maximum atomic E-state index is 12.1. The lowest BCUT2D eigenvalue weighted by Crippen LogP contribution is -2.18. The Bertz CT molecular complexity index is 1130. The van der Waals surface area contributed by atoms with Crippen molar-refractivity contribution in [3.63, 3.8) is 0 Å². The predicted molar refractivity (Wildman–Crippen MR) is 103 cm³/mol. The van der Waals surface area contributed by atoms with Gasteiger partial charge < -0.3 is 14.9 Å². The number of nitrogens with two attached hydrogens (primary N) is 1. The molecule has 3 aromatic heterocycles. The normalized spacial score (nSPS) is 11.2. The van der Waals surface area contributed by atoms with Crippen LogP contribution in [-0.4, -0.2) is 19.1 Å². The van der Waals surface area contributed by atoms with Crippen molar-refractivity contribution < 1.29 is 0 Å². The van der Waals surface area contributed by atoms with Gasteiger partial charge in [0, 0.05) is 24.4 Å². The van der Waals surface area contributed by atoms with Gasteiger partial charge in [-0.1, -0.05) is 30.3 Å². The van der Waals surface area contributed by atoms with Gasteiger partial charge in [-0.2, -0.15) is 0 Å². The third-order valence-corrected chi connectivity index (χ3v) is 4.41. The average Bonchev–Trinajstić information content (AvgIpc) is 2.97. The van der Waals surface area contributed by atoms with E-state index in [4.69, 9.17) is 10.7 Å². The Kier molecular flexibility index (Phi) is 3.80. The second-order valence-corrected chi connectivity index (χ2v) is 6.45. The van der Waals surface area contributed by atoms with Crippen LogP contribution in [0, 0.1) is 6.92 Å². The van der Waals surface area contributed by atoms with Crippen molar-refractivity contribution in [2.75, 3.05) is 5.73 Å². The summed E-state index contributed by atoms with van der Waals surface area (Å²) in [6.07, 6.45) is 3.45. The van der Waals surface area contributed by atoms with Crippen molar-refractivity contribution in [1.29, 1.82) is 0 Å². The molecule has 1 aromatic carbocycles. The zero-order valence-electron chi connectivity index (χ0n) is 14.7. The van der Waals surface area contributed by atoms with Gasteiger partial charge in [0.1, 0.15) is 11.3 Å². The van der Waals surface area contributed by atoms with Crippen LogP contribution in [0.4, 0.5) is 5.69 Å². The van der Waals surface area contributed by atoms with E-state index in [-0.39, 0.29) is 5.56 Å². The number of nitrogen functional groups attached to an aromatic ring is 1. The van der Waals surface area contributed by atoms with Crippen molar-refractivity contribution >= 4 is 16.9 Å². The summed E-state index contributed by atoms with van der Waals surface area (Å²) in [4.78, 5) is 21.3. The van der Waals surface area contributed by atoms with Crippen molar-refractivity contribution in [2.45, 2.75) is 13.5 Å². The fraction of sp³-hybridized carbons (Fsp3) is 0.150. The summed E-state index contributed by atoms with van der Waals surface area (Å²) in [5.41, 5.74) is 10.6. The van der Waals surface area contributed by atoms with Crippen molar-refractivity contribution in [3.8, 4) is 11.4 Å². The van der Waals surface area contributed by atoms with Crippen LogP contribution in [0.15, 0.2) is 59.7 Å². The molecular weight excluding hydrogens is 326 g/mol. The number of aromatic nitrogens is 4. The van der Waals surface area contributed by atoms with Crippen molar-refractivity contribution in [3.05, 3.63) is 76.3 Å². The van der Waals surface area contributed by atoms with Crippen LogP contribution in [-0.2, 0) is 13.6 Å². The highest BCUT2D eigenvalue weighted by molar-refractivity contribution is 5.79. The summed E-state index contributed by atoms with van der Waals surface area (Å²) in [6.45, 7) is 2.44. The van der Waals surface area contributed by atoms with E-state index in [0.29, 0.717) is 17.8 Å². The highest BCUT2D eigenvalue weighted by atomic mass is 16.1. The number of anilines is 1. The number of aryl methyl sites for hydroxylation is 2. The molecule has 3 heterocycles. The Morgan fingerprint density at radius 3 is 2.65 bits per heavy atom. The summed E-state index contributed by atoms with van der Waals surface area (Å²) in [5, 5.41) is 0. The molecule has 6 nitrogen and oxygen atoms in total. The van der Waals surface area contributed by atoms with Gasteiger partial charge in [-0.25, -0.2) is 9.97 Å². The van der Waals surface area contributed by atoms with Crippen LogP contribution in [0.25, 0.3) is 22.6 Å². The Labute approximate surface area is 150 Å². The van der Waals surface area contributed by atoms with Gasteiger partial charge >= 0.3 is 0 Å². The van der Waals surface area contributed by atoms with Crippen molar-refractivity contribution in [1.82, 2.24) is 19.1 Å². The number of benzene rings is 1. The molecule has 0 aliphatic rings. The van der Waals surface area contributed by atoms with E-state index < -0.39 is 0 Å². The largest absolute Gasteiger partial charge is 0.397 e. The zero-order chi connectivity index (χ0) is 18.3. The lowest BCUT2D eigenvalue weighted by molar-refractivity contribution is 0.812. The van der Waals surface area contributed by atoms with E-state index in [1.165, 1.54) is 0 Å². The first-order valence-corrected chi connectivity index (χ1v) is 8.36. The minimum atomic E-state index is -0.0122. The van der Waals surface area contributed by atoms with Crippen LogP contribution in [0.2, 0.25) is 0 Å². The van der Waals surface area contributed by atoms with Gasteiger partial charge in [-0.05, 0) is 24.6 Å². The Balaban J connectivity index is 1.96. The number of hydrogen-bond donors (Lipinski definition) is 1. The topological polar surface area (TPSA) is 78.7 Å². The monoisotopic (exact) mass is 345 g/mol. The zero-order valence-corrected chi connectivity index (χ0v) is 14.7. The van der Waals surface area contributed by atoms with Crippen LogP contribution >= 0.6 is 0 Å². The second-order valence-electron chi connectivity index (χ2n) is 6.45. The quantitative estimate of drug-likeness (QED) is 0.619. The highest BCUT2D eigenvalue weighted by Gasteiger charge is 2.16. The Hall–Kier alpha value is -3.41. The van der Waals surface area contributed by atoms with E-state index in [0.717, 1.165) is 28.1 Å². The maximum Gasteiger partial charge on any atom is 0.253 e. The molecule has 0 atom stereocenters. The first-order chi connectivity index (χ1) is 12.5. The van der Waals surface area contributed by atoms with E-state index in [1.807, 2.05) is 37.3 Å². The molecule has 0 saturated carbocycles. The number of hydrogen-bond acceptors (Lipinski definition) is 4. The minimum absolute atomic E-state index is 0.0122. The third-order valence-electron chi connectivity index (χ3n) is 4.41. The Morgan fingerprint density at radius 1 is 1.15 bits per heavy atom.